The zero-order valence-electron chi connectivity index (χ0n) is 18.1. The van der Waals surface area contributed by atoms with Gasteiger partial charge in [0.1, 0.15) is 5.82 Å². The van der Waals surface area contributed by atoms with Crippen LogP contribution < -0.4 is 24.0 Å². The maximum absolute atomic E-state index is 12.8. The molecule has 2 aromatic heterocycles. The van der Waals surface area contributed by atoms with Crippen LogP contribution in [0.4, 0.5) is 17.5 Å². The van der Waals surface area contributed by atoms with Crippen LogP contribution in [-0.2, 0) is 10.0 Å². The molecule has 12 heteroatoms. The zero-order chi connectivity index (χ0) is 23.4. The van der Waals surface area contributed by atoms with E-state index in [1.807, 2.05) is 4.90 Å². The molecule has 1 fully saturated rings. The number of sulfonamides is 1. The van der Waals surface area contributed by atoms with Crippen molar-refractivity contribution < 1.29 is 17.9 Å². The van der Waals surface area contributed by atoms with E-state index in [0.29, 0.717) is 41.4 Å². The number of hydrogen-bond acceptors (Lipinski definition) is 9. The fourth-order valence-electron chi connectivity index (χ4n) is 3.49. The van der Waals surface area contributed by atoms with Crippen molar-refractivity contribution in [2.24, 2.45) is 0 Å². The van der Waals surface area contributed by atoms with Gasteiger partial charge in [0.15, 0.2) is 11.5 Å². The third kappa shape index (κ3) is 5.04. The lowest BCUT2D eigenvalue weighted by molar-refractivity contribution is 0.354. The van der Waals surface area contributed by atoms with Crippen LogP contribution in [-0.4, -0.2) is 63.8 Å². The number of aromatic nitrogens is 3. The van der Waals surface area contributed by atoms with Gasteiger partial charge in [-0.2, -0.15) is 0 Å². The number of ether oxygens (including phenoxy) is 2. The van der Waals surface area contributed by atoms with E-state index in [4.69, 9.17) is 21.1 Å². The second kappa shape index (κ2) is 9.67. The summed E-state index contributed by atoms with van der Waals surface area (Å²) in [6, 6.07) is 7.69. The van der Waals surface area contributed by atoms with Crippen LogP contribution >= 0.6 is 11.6 Å². The molecule has 1 N–H and O–H groups in total. The Bertz CT molecular complexity index is 1220. The summed E-state index contributed by atoms with van der Waals surface area (Å²) in [6.45, 7) is 2.80. The highest BCUT2D eigenvalue weighted by molar-refractivity contribution is 7.92. The summed E-state index contributed by atoms with van der Waals surface area (Å²) >= 11 is 6.46. The number of nitrogens with one attached hydrogen (secondary N) is 1. The van der Waals surface area contributed by atoms with Crippen molar-refractivity contribution in [3.05, 3.63) is 53.9 Å². The Labute approximate surface area is 197 Å². The van der Waals surface area contributed by atoms with E-state index >= 15 is 0 Å². The molecule has 3 aromatic rings. The van der Waals surface area contributed by atoms with Crippen LogP contribution in [0.25, 0.3) is 0 Å². The van der Waals surface area contributed by atoms with Gasteiger partial charge in [-0.25, -0.2) is 23.4 Å². The van der Waals surface area contributed by atoms with E-state index < -0.39 is 10.0 Å². The first-order valence-electron chi connectivity index (χ1n) is 10.1. The molecule has 33 heavy (non-hydrogen) atoms. The molecule has 3 heterocycles. The molecule has 0 amide bonds. The first-order valence-corrected chi connectivity index (χ1v) is 11.9. The minimum Gasteiger partial charge on any atom is -0.493 e. The van der Waals surface area contributed by atoms with Gasteiger partial charge in [-0.05, 0) is 24.3 Å². The molecule has 0 unspecified atom stereocenters. The molecule has 174 valence electrons. The van der Waals surface area contributed by atoms with Crippen LogP contribution in [0.1, 0.15) is 0 Å². The van der Waals surface area contributed by atoms with E-state index in [1.54, 1.807) is 24.5 Å². The Morgan fingerprint density at radius 1 is 0.939 bits per heavy atom. The first-order chi connectivity index (χ1) is 15.9. The van der Waals surface area contributed by atoms with Gasteiger partial charge in [0.05, 0.1) is 36.0 Å². The van der Waals surface area contributed by atoms with Crippen LogP contribution in [0.15, 0.2) is 53.8 Å². The lowest BCUT2D eigenvalue weighted by Gasteiger charge is -2.35. The molecule has 1 aromatic carbocycles. The Hall–Kier alpha value is -3.31. The third-order valence-corrected chi connectivity index (χ3v) is 6.81. The molecule has 0 aliphatic carbocycles. The topological polar surface area (TPSA) is 110 Å². The van der Waals surface area contributed by atoms with Gasteiger partial charge >= 0.3 is 0 Å². The average Bonchev–Trinajstić information content (AvgIpc) is 2.84. The van der Waals surface area contributed by atoms with Crippen LogP contribution in [0.2, 0.25) is 5.02 Å². The summed E-state index contributed by atoms with van der Waals surface area (Å²) in [7, 11) is -0.959. The summed E-state index contributed by atoms with van der Waals surface area (Å²) in [4.78, 5) is 17.1. The van der Waals surface area contributed by atoms with Crippen LogP contribution in [0.3, 0.4) is 0 Å². The minimum absolute atomic E-state index is 0.0274. The van der Waals surface area contributed by atoms with E-state index in [2.05, 4.69) is 24.6 Å². The smallest absolute Gasteiger partial charge is 0.262 e. The lowest BCUT2D eigenvalue weighted by Crippen LogP contribution is -2.47. The number of piperazine rings is 1. The van der Waals surface area contributed by atoms with Crippen molar-refractivity contribution in [3.63, 3.8) is 0 Å². The first kappa shape index (κ1) is 22.9. The van der Waals surface area contributed by atoms with Gasteiger partial charge in [0, 0.05) is 44.6 Å². The number of nitrogens with zero attached hydrogens (tertiary/aromatic N) is 5. The number of anilines is 3. The number of benzene rings is 1. The SMILES string of the molecule is COc1ccc(S(=O)(=O)Nc2cnc(N3CCN(c4ncccn4)CC3)c(Cl)c2)cc1OC. The Morgan fingerprint density at radius 2 is 1.61 bits per heavy atom. The number of halogens is 1. The summed E-state index contributed by atoms with van der Waals surface area (Å²) in [5.74, 6) is 2.03. The standard InChI is InChI=1S/C21H23ClN6O4S/c1-31-18-5-4-16(13-19(18)32-2)33(29,30)26-15-12-17(22)20(25-14-15)27-8-10-28(11-9-27)21-23-6-3-7-24-21/h3-7,12-14,26H,8-11H2,1-2H3. The van der Waals surface area contributed by atoms with Crippen molar-refractivity contribution in [2.75, 3.05) is 54.9 Å². The molecule has 1 aliphatic rings. The molecule has 10 nitrogen and oxygen atoms in total. The van der Waals surface area contributed by atoms with Gasteiger partial charge in [-0.1, -0.05) is 11.6 Å². The second-order valence-corrected chi connectivity index (χ2v) is 9.26. The number of methoxy groups -OCH3 is 2. The largest absolute Gasteiger partial charge is 0.493 e. The maximum Gasteiger partial charge on any atom is 0.262 e. The Balaban J connectivity index is 1.46. The molecule has 1 aliphatic heterocycles. The van der Waals surface area contributed by atoms with Crippen molar-refractivity contribution in [1.82, 2.24) is 15.0 Å². The van der Waals surface area contributed by atoms with Gasteiger partial charge in [0.25, 0.3) is 10.0 Å². The molecule has 0 bridgehead atoms. The third-order valence-electron chi connectivity index (χ3n) is 5.15. The zero-order valence-corrected chi connectivity index (χ0v) is 19.7. The fourth-order valence-corrected chi connectivity index (χ4v) is 4.82. The fraction of sp³-hybridized carbons (Fsp3) is 0.286. The molecule has 4 rings (SSSR count). The van der Waals surface area contributed by atoms with Gasteiger partial charge in [-0.15, -0.1) is 0 Å². The summed E-state index contributed by atoms with van der Waals surface area (Å²) in [5.41, 5.74) is 0.259. The Morgan fingerprint density at radius 3 is 2.24 bits per heavy atom. The van der Waals surface area contributed by atoms with Gasteiger partial charge in [-0.3, -0.25) is 4.72 Å². The second-order valence-electron chi connectivity index (χ2n) is 7.17. The van der Waals surface area contributed by atoms with Crippen molar-refractivity contribution in [1.29, 1.82) is 0 Å². The molecule has 0 saturated carbocycles. The molecule has 1 saturated heterocycles. The summed E-state index contributed by atoms with van der Waals surface area (Å²) < 4.78 is 38.5. The molecular weight excluding hydrogens is 468 g/mol. The average molecular weight is 491 g/mol. The van der Waals surface area contributed by atoms with Crippen molar-refractivity contribution in [2.45, 2.75) is 4.90 Å². The highest BCUT2D eigenvalue weighted by atomic mass is 35.5. The maximum atomic E-state index is 12.8. The van der Waals surface area contributed by atoms with E-state index in [1.165, 1.54) is 38.6 Å². The van der Waals surface area contributed by atoms with Gasteiger partial charge in [0.2, 0.25) is 5.95 Å². The van der Waals surface area contributed by atoms with Crippen molar-refractivity contribution >= 4 is 39.1 Å². The summed E-state index contributed by atoms with van der Waals surface area (Å²) in [5, 5.41) is 0.354. The molecule has 0 radical (unpaired) electrons. The van der Waals surface area contributed by atoms with E-state index in [-0.39, 0.29) is 10.6 Å². The lowest BCUT2D eigenvalue weighted by atomic mass is 10.3. The van der Waals surface area contributed by atoms with E-state index in [9.17, 15) is 8.42 Å². The van der Waals surface area contributed by atoms with E-state index in [0.717, 1.165) is 13.1 Å². The van der Waals surface area contributed by atoms with Crippen LogP contribution in [0.5, 0.6) is 11.5 Å². The van der Waals surface area contributed by atoms with Crippen LogP contribution in [0, 0.1) is 0 Å². The minimum atomic E-state index is -3.88. The molecular formula is C21H23ClN6O4S. The number of hydrogen-bond donors (Lipinski definition) is 1. The highest BCUT2D eigenvalue weighted by Gasteiger charge is 2.23. The number of pyridine rings is 1. The predicted molar refractivity (Wildman–Crippen MR) is 126 cm³/mol. The summed E-state index contributed by atoms with van der Waals surface area (Å²) in [6.07, 6.45) is 4.88. The molecule has 0 spiro atoms. The molecule has 0 atom stereocenters. The monoisotopic (exact) mass is 490 g/mol. The predicted octanol–water partition coefficient (Wildman–Crippen LogP) is 2.67. The quantitative estimate of drug-likeness (QED) is 0.534. The van der Waals surface area contributed by atoms with Gasteiger partial charge < -0.3 is 19.3 Å². The Kier molecular flexibility index (Phi) is 6.70. The normalized spacial score (nSPS) is 14.2. The number of rotatable bonds is 7. The highest BCUT2D eigenvalue weighted by Crippen LogP contribution is 2.31. The van der Waals surface area contributed by atoms with Crippen molar-refractivity contribution in [3.8, 4) is 11.5 Å².